The zero-order valence-electron chi connectivity index (χ0n) is 13.6. The smallest absolute Gasteiger partial charge is 0.408 e. The lowest BCUT2D eigenvalue weighted by Crippen LogP contribution is -2.11. The number of fused-ring (bicyclic) bond motifs is 1. The Morgan fingerprint density at radius 1 is 1.12 bits per heavy atom. The van der Waals surface area contributed by atoms with Crippen LogP contribution in [0.15, 0.2) is 57.7 Å². The van der Waals surface area contributed by atoms with E-state index < -0.39 is 5.76 Å². The van der Waals surface area contributed by atoms with Gasteiger partial charge in [-0.1, -0.05) is 30.3 Å². The number of aryl methyl sites for hydroxylation is 2. The zero-order valence-corrected chi connectivity index (χ0v) is 13.6. The Balaban J connectivity index is 1.50. The van der Waals surface area contributed by atoms with Gasteiger partial charge in [0.2, 0.25) is 5.91 Å². The van der Waals surface area contributed by atoms with Gasteiger partial charge in [-0.3, -0.25) is 9.36 Å². The maximum Gasteiger partial charge on any atom is 0.419 e. The van der Waals surface area contributed by atoms with Crippen LogP contribution in [-0.2, 0) is 18.3 Å². The molecule has 0 radical (unpaired) electrons. The Hall–Kier alpha value is -2.82. The molecule has 0 unspecified atom stereocenters. The number of hydrogen-bond donors (Lipinski definition) is 1. The molecular formula is C19H20N2O3. The Kier molecular flexibility index (Phi) is 4.79. The van der Waals surface area contributed by atoms with Gasteiger partial charge in [-0.15, -0.1) is 0 Å². The maximum absolute atomic E-state index is 12.0. The lowest BCUT2D eigenvalue weighted by molar-refractivity contribution is -0.116. The molecule has 0 saturated carbocycles. The van der Waals surface area contributed by atoms with Crippen molar-refractivity contribution < 1.29 is 9.21 Å². The van der Waals surface area contributed by atoms with Crippen molar-refractivity contribution in [3.8, 4) is 0 Å². The zero-order chi connectivity index (χ0) is 16.9. The molecule has 1 N–H and O–H groups in total. The Morgan fingerprint density at radius 3 is 2.71 bits per heavy atom. The molecule has 124 valence electrons. The summed E-state index contributed by atoms with van der Waals surface area (Å²) in [5.41, 5.74) is 3.12. The predicted molar refractivity (Wildman–Crippen MR) is 94.1 cm³/mol. The van der Waals surface area contributed by atoms with Crippen LogP contribution in [0.3, 0.4) is 0 Å². The number of aromatic nitrogens is 1. The number of carbonyl (C=O) groups excluding carboxylic acids is 1. The molecule has 0 aliphatic rings. The van der Waals surface area contributed by atoms with Crippen molar-refractivity contribution >= 4 is 22.7 Å². The fourth-order valence-electron chi connectivity index (χ4n) is 2.69. The highest BCUT2D eigenvalue weighted by atomic mass is 16.4. The number of nitrogens with one attached hydrogen (secondary N) is 1. The Morgan fingerprint density at radius 2 is 1.92 bits per heavy atom. The third kappa shape index (κ3) is 3.74. The van der Waals surface area contributed by atoms with Gasteiger partial charge in [0.05, 0.1) is 5.52 Å². The van der Waals surface area contributed by atoms with Crippen molar-refractivity contribution in [2.75, 3.05) is 5.32 Å². The third-order valence-electron chi connectivity index (χ3n) is 4.04. The first-order chi connectivity index (χ1) is 11.6. The van der Waals surface area contributed by atoms with E-state index in [-0.39, 0.29) is 5.91 Å². The van der Waals surface area contributed by atoms with E-state index in [4.69, 9.17) is 4.42 Å². The average Bonchev–Trinajstić information content (AvgIpc) is 2.86. The molecule has 0 atom stereocenters. The normalized spacial score (nSPS) is 10.9. The van der Waals surface area contributed by atoms with Crippen molar-refractivity contribution in [2.24, 2.45) is 7.05 Å². The van der Waals surface area contributed by atoms with Gasteiger partial charge < -0.3 is 9.73 Å². The van der Waals surface area contributed by atoms with Crippen molar-refractivity contribution in [1.82, 2.24) is 4.57 Å². The summed E-state index contributed by atoms with van der Waals surface area (Å²) in [6, 6.07) is 15.5. The minimum Gasteiger partial charge on any atom is -0.408 e. The van der Waals surface area contributed by atoms with Crippen molar-refractivity contribution in [2.45, 2.75) is 25.7 Å². The number of benzene rings is 2. The van der Waals surface area contributed by atoms with Crippen LogP contribution in [0.5, 0.6) is 0 Å². The summed E-state index contributed by atoms with van der Waals surface area (Å²) in [4.78, 5) is 23.5. The molecule has 0 aliphatic carbocycles. The van der Waals surface area contributed by atoms with E-state index in [0.717, 1.165) is 19.3 Å². The molecule has 0 fully saturated rings. The van der Waals surface area contributed by atoms with Crippen LogP contribution >= 0.6 is 0 Å². The lowest BCUT2D eigenvalue weighted by Gasteiger charge is -2.05. The summed E-state index contributed by atoms with van der Waals surface area (Å²) in [6.45, 7) is 0. The second-order valence-corrected chi connectivity index (χ2v) is 5.85. The second-order valence-electron chi connectivity index (χ2n) is 5.85. The monoisotopic (exact) mass is 324 g/mol. The van der Waals surface area contributed by atoms with Gasteiger partial charge in [0, 0.05) is 25.2 Å². The van der Waals surface area contributed by atoms with Gasteiger partial charge in [-0.05, 0) is 37.0 Å². The molecule has 0 saturated heterocycles. The highest BCUT2D eigenvalue weighted by Gasteiger charge is 2.08. The topological polar surface area (TPSA) is 64.2 Å². The number of oxazole rings is 1. The summed E-state index contributed by atoms with van der Waals surface area (Å²) < 4.78 is 6.56. The molecule has 5 nitrogen and oxygen atoms in total. The average molecular weight is 324 g/mol. The van der Waals surface area contributed by atoms with E-state index in [0.29, 0.717) is 23.2 Å². The van der Waals surface area contributed by atoms with E-state index >= 15 is 0 Å². The molecule has 0 bridgehead atoms. The molecule has 5 heteroatoms. The van der Waals surface area contributed by atoms with Gasteiger partial charge in [-0.2, -0.15) is 0 Å². The van der Waals surface area contributed by atoms with Crippen LogP contribution in [0.25, 0.3) is 11.1 Å². The van der Waals surface area contributed by atoms with Crippen molar-refractivity contribution in [3.63, 3.8) is 0 Å². The van der Waals surface area contributed by atoms with E-state index in [1.165, 1.54) is 10.1 Å². The van der Waals surface area contributed by atoms with Gasteiger partial charge in [0.25, 0.3) is 0 Å². The van der Waals surface area contributed by atoms with E-state index in [1.54, 1.807) is 25.2 Å². The van der Waals surface area contributed by atoms with Gasteiger partial charge in [0.15, 0.2) is 5.58 Å². The van der Waals surface area contributed by atoms with Crippen LogP contribution in [0, 0.1) is 0 Å². The summed E-state index contributed by atoms with van der Waals surface area (Å²) in [7, 11) is 1.65. The van der Waals surface area contributed by atoms with Crippen LogP contribution in [0.1, 0.15) is 24.8 Å². The molecule has 24 heavy (non-hydrogen) atoms. The summed E-state index contributed by atoms with van der Waals surface area (Å²) in [6.07, 6.45) is 3.27. The fourth-order valence-corrected chi connectivity index (χ4v) is 2.69. The van der Waals surface area contributed by atoms with Gasteiger partial charge in [-0.25, -0.2) is 4.79 Å². The Labute approximate surface area is 139 Å². The first-order valence-corrected chi connectivity index (χ1v) is 8.07. The molecule has 1 aromatic heterocycles. The molecule has 0 aliphatic heterocycles. The number of rotatable bonds is 6. The minimum atomic E-state index is -0.408. The van der Waals surface area contributed by atoms with Crippen molar-refractivity contribution in [1.29, 1.82) is 0 Å². The van der Waals surface area contributed by atoms with Gasteiger partial charge in [0.1, 0.15) is 0 Å². The molecular weight excluding hydrogens is 304 g/mol. The number of unbranched alkanes of at least 4 members (excludes halogenated alkanes) is 1. The predicted octanol–water partition coefficient (Wildman–Crippen LogP) is 3.48. The van der Waals surface area contributed by atoms with E-state index in [2.05, 4.69) is 17.4 Å². The minimum absolute atomic E-state index is 0.0271. The van der Waals surface area contributed by atoms with Crippen LogP contribution < -0.4 is 11.1 Å². The fraction of sp³-hybridized carbons (Fsp3) is 0.263. The molecule has 3 rings (SSSR count). The second kappa shape index (κ2) is 7.17. The number of amides is 1. The number of nitrogens with zero attached hydrogens (tertiary/aromatic N) is 1. The summed E-state index contributed by atoms with van der Waals surface area (Å²) in [5, 5.41) is 2.85. The molecule has 1 amide bonds. The first kappa shape index (κ1) is 16.1. The summed E-state index contributed by atoms with van der Waals surface area (Å²) >= 11 is 0. The number of carbonyl (C=O) groups is 1. The maximum atomic E-state index is 12.0. The molecule has 3 aromatic rings. The largest absolute Gasteiger partial charge is 0.419 e. The van der Waals surface area contributed by atoms with E-state index in [9.17, 15) is 9.59 Å². The molecule has 1 heterocycles. The lowest BCUT2D eigenvalue weighted by atomic mass is 10.1. The molecule has 0 spiro atoms. The standard InChI is InChI=1S/C19H20N2O3/c1-21-16-12-11-15(13-17(16)24-19(21)23)20-18(22)10-6-5-9-14-7-3-2-4-8-14/h2-4,7-8,11-13H,5-6,9-10H2,1H3,(H,20,22). The highest BCUT2D eigenvalue weighted by Crippen LogP contribution is 2.18. The van der Waals surface area contributed by atoms with Crippen molar-refractivity contribution in [3.05, 3.63) is 64.6 Å². The Bertz CT molecular complexity index is 894. The van der Waals surface area contributed by atoms with Crippen LogP contribution in [0.2, 0.25) is 0 Å². The third-order valence-corrected chi connectivity index (χ3v) is 4.04. The van der Waals surface area contributed by atoms with Gasteiger partial charge >= 0.3 is 5.76 Å². The van der Waals surface area contributed by atoms with Crippen LogP contribution in [-0.4, -0.2) is 10.5 Å². The number of anilines is 1. The highest BCUT2D eigenvalue weighted by molar-refractivity contribution is 5.92. The van der Waals surface area contributed by atoms with Crippen LogP contribution in [0.4, 0.5) is 5.69 Å². The quantitative estimate of drug-likeness (QED) is 0.706. The first-order valence-electron chi connectivity index (χ1n) is 8.07. The SMILES string of the molecule is Cn1c(=O)oc2cc(NC(=O)CCCCc3ccccc3)ccc21. The summed E-state index contributed by atoms with van der Waals surface area (Å²) in [5.74, 6) is -0.435. The molecule has 2 aromatic carbocycles. The number of hydrogen-bond acceptors (Lipinski definition) is 3. The van der Waals surface area contributed by atoms with E-state index in [1.807, 2.05) is 18.2 Å².